The van der Waals surface area contributed by atoms with Crippen molar-refractivity contribution < 1.29 is 4.74 Å². The van der Waals surface area contributed by atoms with E-state index in [2.05, 4.69) is 36.1 Å². The molecule has 2 aromatic heterocycles. The van der Waals surface area contributed by atoms with Gasteiger partial charge in [0.25, 0.3) is 0 Å². The number of nitrogens with one attached hydrogen (secondary N) is 1. The van der Waals surface area contributed by atoms with Crippen molar-refractivity contribution in [3.63, 3.8) is 0 Å². The molecule has 1 aliphatic carbocycles. The van der Waals surface area contributed by atoms with Gasteiger partial charge >= 0.3 is 0 Å². The molecule has 0 amide bonds. The van der Waals surface area contributed by atoms with Gasteiger partial charge in [0.15, 0.2) is 5.82 Å². The Kier molecular flexibility index (Phi) is 3.89. The molecule has 4 nitrogen and oxygen atoms in total. The number of anilines is 1. The maximum absolute atomic E-state index is 5.83. The zero-order valence-corrected chi connectivity index (χ0v) is 13.1. The summed E-state index contributed by atoms with van der Waals surface area (Å²) in [6.07, 6.45) is 4.07. The second kappa shape index (κ2) is 5.66. The Morgan fingerprint density at radius 3 is 2.75 bits per heavy atom. The lowest BCUT2D eigenvalue weighted by Crippen LogP contribution is -2.21. The van der Waals surface area contributed by atoms with Crippen LogP contribution in [0, 0.1) is 13.8 Å². The van der Waals surface area contributed by atoms with Crippen molar-refractivity contribution in [3.8, 4) is 0 Å². The van der Waals surface area contributed by atoms with Crippen molar-refractivity contribution in [1.82, 2.24) is 9.97 Å². The summed E-state index contributed by atoms with van der Waals surface area (Å²) >= 11 is 1.74. The first-order chi connectivity index (χ1) is 9.69. The highest BCUT2D eigenvalue weighted by molar-refractivity contribution is 7.18. The Bertz CT molecular complexity index is 619. The highest BCUT2D eigenvalue weighted by Crippen LogP contribution is 2.33. The van der Waals surface area contributed by atoms with E-state index in [1.807, 2.05) is 0 Å². The number of nitrogens with zero attached hydrogens (tertiary/aromatic N) is 2. The molecular formula is C15H21N3OS. The van der Waals surface area contributed by atoms with Crippen LogP contribution in [-0.2, 0) is 11.3 Å². The Morgan fingerprint density at radius 1 is 1.30 bits per heavy atom. The van der Waals surface area contributed by atoms with E-state index in [1.165, 1.54) is 35.1 Å². The summed E-state index contributed by atoms with van der Waals surface area (Å²) in [5, 5.41) is 4.53. The summed E-state index contributed by atoms with van der Waals surface area (Å²) in [5.74, 6) is 1.74. The SMILES string of the molecule is CCNc1nc(COC2CCC2)nc2sc(C)c(C)c12. The number of rotatable bonds is 5. The summed E-state index contributed by atoms with van der Waals surface area (Å²) in [6, 6.07) is 0. The second-order valence-electron chi connectivity index (χ2n) is 5.35. The Balaban J connectivity index is 1.92. The second-order valence-corrected chi connectivity index (χ2v) is 6.55. The van der Waals surface area contributed by atoms with Gasteiger partial charge in [-0.1, -0.05) is 0 Å². The quantitative estimate of drug-likeness (QED) is 0.910. The molecule has 0 atom stereocenters. The molecule has 1 N–H and O–H groups in total. The first kappa shape index (κ1) is 13.8. The van der Waals surface area contributed by atoms with Gasteiger partial charge < -0.3 is 10.1 Å². The highest BCUT2D eigenvalue weighted by Gasteiger charge is 2.19. The summed E-state index contributed by atoms with van der Waals surface area (Å²) in [6.45, 7) is 7.76. The lowest BCUT2D eigenvalue weighted by Gasteiger charge is -2.25. The molecule has 108 valence electrons. The molecular weight excluding hydrogens is 270 g/mol. The normalized spacial score (nSPS) is 15.6. The topological polar surface area (TPSA) is 47.0 Å². The lowest BCUT2D eigenvalue weighted by molar-refractivity contribution is -0.0115. The highest BCUT2D eigenvalue weighted by atomic mass is 32.1. The number of thiophene rings is 1. The molecule has 0 aliphatic heterocycles. The third-order valence-corrected chi connectivity index (χ3v) is 5.02. The summed E-state index contributed by atoms with van der Waals surface area (Å²) in [7, 11) is 0. The molecule has 2 aromatic rings. The molecule has 1 fully saturated rings. The molecule has 0 saturated heterocycles. The minimum absolute atomic E-state index is 0.420. The van der Waals surface area contributed by atoms with Gasteiger partial charge in [0, 0.05) is 11.4 Å². The minimum Gasteiger partial charge on any atom is -0.370 e. The molecule has 0 spiro atoms. The number of fused-ring (bicyclic) bond motifs is 1. The fraction of sp³-hybridized carbons (Fsp3) is 0.600. The maximum Gasteiger partial charge on any atom is 0.158 e. The van der Waals surface area contributed by atoms with E-state index in [0.29, 0.717) is 12.7 Å². The van der Waals surface area contributed by atoms with Gasteiger partial charge in [0.1, 0.15) is 17.3 Å². The molecule has 1 aliphatic rings. The van der Waals surface area contributed by atoms with Crippen LogP contribution < -0.4 is 5.32 Å². The van der Waals surface area contributed by atoms with Crippen LogP contribution in [0.15, 0.2) is 0 Å². The monoisotopic (exact) mass is 291 g/mol. The Labute approximate surface area is 123 Å². The van der Waals surface area contributed by atoms with Crippen LogP contribution in [0.3, 0.4) is 0 Å². The Morgan fingerprint density at radius 2 is 2.10 bits per heavy atom. The van der Waals surface area contributed by atoms with Crippen molar-refractivity contribution in [2.45, 2.75) is 52.7 Å². The van der Waals surface area contributed by atoms with Gasteiger partial charge in [-0.2, -0.15) is 0 Å². The lowest BCUT2D eigenvalue weighted by atomic mass is 9.96. The third-order valence-electron chi connectivity index (χ3n) is 3.92. The fourth-order valence-electron chi connectivity index (χ4n) is 2.38. The maximum atomic E-state index is 5.83. The smallest absolute Gasteiger partial charge is 0.158 e. The fourth-order valence-corrected chi connectivity index (χ4v) is 3.43. The predicted molar refractivity (Wildman–Crippen MR) is 83.5 cm³/mol. The average Bonchev–Trinajstić information content (AvgIpc) is 2.64. The van der Waals surface area contributed by atoms with Gasteiger partial charge in [-0.05, 0) is 45.6 Å². The van der Waals surface area contributed by atoms with Crippen LogP contribution in [0.5, 0.6) is 0 Å². The van der Waals surface area contributed by atoms with E-state index < -0.39 is 0 Å². The molecule has 5 heteroatoms. The van der Waals surface area contributed by atoms with Crippen LogP contribution in [0.4, 0.5) is 5.82 Å². The first-order valence-corrected chi connectivity index (χ1v) is 8.12. The zero-order valence-electron chi connectivity index (χ0n) is 12.3. The van der Waals surface area contributed by atoms with Crippen molar-refractivity contribution in [2.75, 3.05) is 11.9 Å². The van der Waals surface area contributed by atoms with Gasteiger partial charge in [-0.15, -0.1) is 11.3 Å². The van der Waals surface area contributed by atoms with Gasteiger partial charge in [-0.25, -0.2) is 9.97 Å². The van der Waals surface area contributed by atoms with E-state index in [9.17, 15) is 0 Å². The van der Waals surface area contributed by atoms with Gasteiger partial charge in [0.05, 0.1) is 11.5 Å². The van der Waals surface area contributed by atoms with E-state index in [0.717, 1.165) is 23.0 Å². The van der Waals surface area contributed by atoms with E-state index >= 15 is 0 Å². The Hall–Kier alpha value is -1.20. The minimum atomic E-state index is 0.420. The molecule has 0 aromatic carbocycles. The summed E-state index contributed by atoms with van der Waals surface area (Å²) in [5.41, 5.74) is 1.28. The number of aromatic nitrogens is 2. The zero-order chi connectivity index (χ0) is 14.1. The van der Waals surface area contributed by atoms with Crippen LogP contribution in [0.1, 0.15) is 42.5 Å². The summed E-state index contributed by atoms with van der Waals surface area (Å²) in [4.78, 5) is 11.7. The first-order valence-electron chi connectivity index (χ1n) is 7.31. The average molecular weight is 291 g/mol. The number of hydrogen-bond acceptors (Lipinski definition) is 5. The third kappa shape index (κ3) is 2.52. The van der Waals surface area contributed by atoms with Gasteiger partial charge in [-0.3, -0.25) is 0 Å². The van der Waals surface area contributed by atoms with Crippen molar-refractivity contribution in [1.29, 1.82) is 0 Å². The molecule has 20 heavy (non-hydrogen) atoms. The van der Waals surface area contributed by atoms with Crippen molar-refractivity contribution >= 4 is 27.4 Å². The van der Waals surface area contributed by atoms with E-state index in [1.54, 1.807) is 11.3 Å². The molecule has 0 bridgehead atoms. The summed E-state index contributed by atoms with van der Waals surface area (Å²) < 4.78 is 5.83. The largest absolute Gasteiger partial charge is 0.370 e. The molecule has 2 heterocycles. The standard InChI is InChI=1S/C15H21N3OS/c1-4-16-14-13-9(2)10(3)20-15(13)18-12(17-14)8-19-11-6-5-7-11/h11H,4-8H2,1-3H3,(H,16,17,18). The van der Waals surface area contributed by atoms with E-state index in [4.69, 9.17) is 4.74 Å². The molecule has 0 unspecified atom stereocenters. The number of aryl methyl sites for hydroxylation is 2. The van der Waals surface area contributed by atoms with Crippen molar-refractivity contribution in [3.05, 3.63) is 16.3 Å². The molecule has 3 rings (SSSR count). The van der Waals surface area contributed by atoms with Crippen LogP contribution in [0.25, 0.3) is 10.2 Å². The van der Waals surface area contributed by atoms with Crippen LogP contribution in [-0.4, -0.2) is 22.6 Å². The van der Waals surface area contributed by atoms with Crippen LogP contribution >= 0.6 is 11.3 Å². The van der Waals surface area contributed by atoms with E-state index in [-0.39, 0.29) is 0 Å². The van der Waals surface area contributed by atoms with Gasteiger partial charge in [0.2, 0.25) is 0 Å². The predicted octanol–water partition coefficient (Wildman–Crippen LogP) is 3.81. The van der Waals surface area contributed by atoms with Crippen molar-refractivity contribution in [2.24, 2.45) is 0 Å². The molecule has 1 saturated carbocycles. The molecule has 0 radical (unpaired) electrons. The van der Waals surface area contributed by atoms with Crippen LogP contribution in [0.2, 0.25) is 0 Å². The number of ether oxygens (including phenoxy) is 1. The number of hydrogen-bond donors (Lipinski definition) is 1.